The van der Waals surface area contributed by atoms with Gasteiger partial charge in [-0.15, -0.1) is 8.75 Å². The van der Waals surface area contributed by atoms with E-state index in [1.165, 1.54) is 19.1 Å². The van der Waals surface area contributed by atoms with Crippen LogP contribution in [0.4, 0.5) is 5.69 Å². The van der Waals surface area contributed by atoms with Crippen molar-refractivity contribution in [2.24, 2.45) is 0 Å². The molecule has 0 bridgehead atoms. The summed E-state index contributed by atoms with van der Waals surface area (Å²) in [5.74, 6) is -0.237. The van der Waals surface area contributed by atoms with Crippen LogP contribution in [0.2, 0.25) is 0 Å². The van der Waals surface area contributed by atoms with Crippen molar-refractivity contribution >= 4 is 27.1 Å². The second-order valence-electron chi connectivity index (χ2n) is 2.75. The van der Waals surface area contributed by atoms with Gasteiger partial charge in [0, 0.05) is 0 Å². The van der Waals surface area contributed by atoms with Crippen LogP contribution in [0.15, 0.2) is 30.3 Å². The lowest BCUT2D eigenvalue weighted by atomic mass is 10.3. The molecule has 1 N–H and O–H groups in total. The van der Waals surface area contributed by atoms with Crippen LogP contribution in [-0.2, 0) is 25.7 Å². The van der Waals surface area contributed by atoms with E-state index in [2.05, 4.69) is 4.28 Å². The Morgan fingerprint density at radius 2 is 1.94 bits per heavy atom. The Balaban J connectivity index is 3.12. The van der Waals surface area contributed by atoms with E-state index in [0.717, 1.165) is 0 Å². The van der Waals surface area contributed by atoms with E-state index in [9.17, 15) is 12.6 Å². The molecule has 0 amide bonds. The molecule has 1 aromatic rings. The van der Waals surface area contributed by atoms with E-state index in [4.69, 9.17) is 4.55 Å². The van der Waals surface area contributed by atoms with Crippen LogP contribution in [0, 0.1) is 0 Å². The van der Waals surface area contributed by atoms with Crippen molar-refractivity contribution in [3.05, 3.63) is 30.3 Å². The molecule has 0 aliphatic heterocycles. The quantitative estimate of drug-likeness (QED) is 0.632. The number of hydrogen-bond donors (Lipinski definition) is 1. The molecule has 8 heteroatoms. The normalized spacial score (nSPS) is 13.4. The van der Waals surface area contributed by atoms with Gasteiger partial charge < -0.3 is 0 Å². The minimum atomic E-state index is -3.75. The average molecular weight is 265 g/mol. The van der Waals surface area contributed by atoms with Crippen LogP contribution in [-0.4, -0.2) is 22.9 Å². The monoisotopic (exact) mass is 265 g/mol. The molecule has 6 nitrogen and oxygen atoms in total. The third-order valence-corrected chi connectivity index (χ3v) is 3.61. The zero-order chi connectivity index (χ0) is 12.2. The Hall–Kier alpha value is -0.960. The molecule has 0 radical (unpaired) electrons. The van der Waals surface area contributed by atoms with Crippen molar-refractivity contribution in [2.45, 2.75) is 6.92 Å². The van der Waals surface area contributed by atoms with Gasteiger partial charge in [-0.3, -0.25) is 4.55 Å². The fourth-order valence-corrected chi connectivity index (χ4v) is 2.38. The summed E-state index contributed by atoms with van der Waals surface area (Å²) in [6.07, 6.45) is 0. The van der Waals surface area contributed by atoms with Gasteiger partial charge in [0.15, 0.2) is 0 Å². The van der Waals surface area contributed by atoms with Crippen LogP contribution in [0.5, 0.6) is 0 Å². The molecule has 1 rings (SSSR count). The highest BCUT2D eigenvalue weighted by atomic mass is 32.2. The summed E-state index contributed by atoms with van der Waals surface area (Å²) in [5, 5.41) is 0. The molecule has 1 aromatic carbocycles. The summed E-state index contributed by atoms with van der Waals surface area (Å²) in [6, 6.07) is 7.80. The molecular formula is C8H11NO5S2. The number of para-hydroxylation sites is 1. The van der Waals surface area contributed by atoms with E-state index in [0.29, 0.717) is 4.47 Å². The van der Waals surface area contributed by atoms with Crippen molar-refractivity contribution in [3.8, 4) is 0 Å². The van der Waals surface area contributed by atoms with Crippen molar-refractivity contribution < 1.29 is 21.5 Å². The number of hydrogen-bond acceptors (Lipinski definition) is 4. The predicted molar refractivity (Wildman–Crippen MR) is 60.2 cm³/mol. The zero-order valence-corrected chi connectivity index (χ0v) is 10.1. The van der Waals surface area contributed by atoms with Gasteiger partial charge in [-0.1, -0.05) is 18.2 Å². The number of benzene rings is 1. The van der Waals surface area contributed by atoms with E-state index >= 15 is 0 Å². The molecule has 0 saturated heterocycles. The third kappa shape index (κ3) is 3.27. The highest BCUT2D eigenvalue weighted by Gasteiger charge is 2.23. The van der Waals surface area contributed by atoms with E-state index < -0.39 is 21.4 Å². The molecule has 0 aliphatic carbocycles. The van der Waals surface area contributed by atoms with E-state index in [-0.39, 0.29) is 11.4 Å². The lowest BCUT2D eigenvalue weighted by molar-refractivity contribution is 0.323. The average Bonchev–Trinajstić information content (AvgIpc) is 2.27. The highest BCUT2D eigenvalue weighted by Crippen LogP contribution is 2.18. The van der Waals surface area contributed by atoms with E-state index in [1.54, 1.807) is 18.2 Å². The zero-order valence-electron chi connectivity index (χ0n) is 8.44. The van der Waals surface area contributed by atoms with Crippen LogP contribution in [0.25, 0.3) is 0 Å². The number of rotatable bonds is 5. The lowest BCUT2D eigenvalue weighted by Crippen LogP contribution is -2.33. The molecule has 1 atom stereocenters. The van der Waals surface area contributed by atoms with Gasteiger partial charge in [0.1, 0.15) is 0 Å². The van der Waals surface area contributed by atoms with Gasteiger partial charge in [-0.05, 0) is 19.1 Å². The van der Waals surface area contributed by atoms with Gasteiger partial charge in [0.05, 0.1) is 11.4 Å². The Bertz CT molecular complexity index is 459. The smallest absolute Gasteiger partial charge is 0.282 e. The fraction of sp³-hybridized carbons (Fsp3) is 0.250. The topological polar surface area (TPSA) is 83.9 Å². The molecule has 1 unspecified atom stereocenters. The minimum absolute atomic E-state index is 0.173. The standard InChI is InChI=1S/C8H11NO5S2/c1-2-16(12,13)9(14-15(10)11)8-6-4-3-5-7-8/h3-7H,2H2,1H3,(H,10,11). The Morgan fingerprint density at radius 1 is 1.38 bits per heavy atom. The fourth-order valence-electron chi connectivity index (χ4n) is 0.975. The summed E-state index contributed by atoms with van der Waals surface area (Å²) in [5.41, 5.74) is 0.173. The maximum Gasteiger partial charge on any atom is 0.325 e. The van der Waals surface area contributed by atoms with Crippen LogP contribution >= 0.6 is 0 Å². The first-order valence-electron chi connectivity index (χ1n) is 4.34. The SMILES string of the molecule is CCS(=O)(=O)N(OS(=O)O)c1ccccc1. The summed E-state index contributed by atoms with van der Waals surface area (Å²) in [6.45, 7) is 1.41. The molecule has 90 valence electrons. The molecule has 0 spiro atoms. The van der Waals surface area contributed by atoms with Crippen molar-refractivity contribution in [3.63, 3.8) is 0 Å². The molecule has 0 aliphatic rings. The first-order chi connectivity index (χ1) is 7.47. The van der Waals surface area contributed by atoms with Crippen molar-refractivity contribution in [2.75, 3.05) is 10.2 Å². The maximum absolute atomic E-state index is 11.6. The van der Waals surface area contributed by atoms with Crippen molar-refractivity contribution in [1.82, 2.24) is 0 Å². The molecule has 0 aromatic heterocycles. The number of anilines is 1. The van der Waals surface area contributed by atoms with E-state index in [1.807, 2.05) is 0 Å². The van der Waals surface area contributed by atoms with Gasteiger partial charge in [0.25, 0.3) is 10.0 Å². The molecule has 16 heavy (non-hydrogen) atoms. The van der Waals surface area contributed by atoms with Gasteiger partial charge in [0.2, 0.25) is 0 Å². The third-order valence-electron chi connectivity index (χ3n) is 1.72. The largest absolute Gasteiger partial charge is 0.325 e. The highest BCUT2D eigenvalue weighted by molar-refractivity contribution is 7.93. The minimum Gasteiger partial charge on any atom is -0.282 e. The molecule has 0 saturated carbocycles. The Morgan fingerprint density at radius 3 is 2.38 bits per heavy atom. The first kappa shape index (κ1) is 13.1. The second kappa shape index (κ2) is 5.39. The van der Waals surface area contributed by atoms with Gasteiger partial charge >= 0.3 is 11.4 Å². The molecule has 0 heterocycles. The Labute approximate surface area is 96.3 Å². The first-order valence-corrected chi connectivity index (χ1v) is 6.99. The van der Waals surface area contributed by atoms with Gasteiger partial charge in [-0.25, -0.2) is 8.42 Å². The molecular weight excluding hydrogens is 254 g/mol. The maximum atomic E-state index is 11.6. The van der Waals surface area contributed by atoms with Crippen LogP contribution in [0.1, 0.15) is 6.92 Å². The summed E-state index contributed by atoms with van der Waals surface area (Å²) in [4.78, 5) is 0. The number of nitrogens with zero attached hydrogens (tertiary/aromatic N) is 1. The predicted octanol–water partition coefficient (Wildman–Crippen LogP) is 0.911. The van der Waals surface area contributed by atoms with Crippen LogP contribution < -0.4 is 4.47 Å². The number of sulfonamides is 1. The van der Waals surface area contributed by atoms with Gasteiger partial charge in [-0.2, -0.15) is 4.21 Å². The molecule has 0 fully saturated rings. The van der Waals surface area contributed by atoms with Crippen molar-refractivity contribution in [1.29, 1.82) is 0 Å². The lowest BCUT2D eigenvalue weighted by Gasteiger charge is -2.19. The van der Waals surface area contributed by atoms with Crippen LogP contribution in [0.3, 0.4) is 0 Å². The second-order valence-corrected chi connectivity index (χ2v) is 5.41. The summed E-state index contributed by atoms with van der Waals surface area (Å²) in [7, 11) is -3.75. The summed E-state index contributed by atoms with van der Waals surface area (Å²) < 4.78 is 47.1. The Kier molecular flexibility index (Phi) is 4.42. The summed E-state index contributed by atoms with van der Waals surface area (Å²) >= 11 is -2.70.